The molecular formula is C29H30N4O6S. The fourth-order valence-electron chi connectivity index (χ4n) is 4.77. The zero-order chi connectivity index (χ0) is 28.3. The maximum absolute atomic E-state index is 13.1. The monoisotopic (exact) mass is 562 g/mol. The van der Waals surface area contributed by atoms with Gasteiger partial charge in [0.25, 0.3) is 15.9 Å². The number of carbonyl (C=O) groups is 1. The van der Waals surface area contributed by atoms with Crippen molar-refractivity contribution in [3.8, 4) is 17.2 Å². The number of benzene rings is 3. The van der Waals surface area contributed by atoms with Crippen LogP contribution in [0.1, 0.15) is 15.9 Å². The summed E-state index contributed by atoms with van der Waals surface area (Å²) in [6.07, 6.45) is 1.56. The summed E-state index contributed by atoms with van der Waals surface area (Å²) in [5, 5.41) is 10.9. The predicted molar refractivity (Wildman–Crippen MR) is 151 cm³/mol. The number of hydrogen-bond donors (Lipinski definition) is 2. The summed E-state index contributed by atoms with van der Waals surface area (Å²) in [6, 6.07) is 18.6. The SMILES string of the molecule is COc1cc(CN2CCN(C(=O)c3ccc(NS(=O)(=O)c4cccc5cccnc45)cc3)CC2)cc(OC)c1O. The first-order valence-corrected chi connectivity index (χ1v) is 14.2. The number of hydrogen-bond acceptors (Lipinski definition) is 8. The van der Waals surface area contributed by atoms with E-state index >= 15 is 0 Å². The Morgan fingerprint density at radius 3 is 2.25 bits per heavy atom. The van der Waals surface area contributed by atoms with Gasteiger partial charge in [0.1, 0.15) is 4.90 Å². The highest BCUT2D eigenvalue weighted by Gasteiger charge is 2.24. The van der Waals surface area contributed by atoms with Crippen LogP contribution in [0.5, 0.6) is 17.2 Å². The van der Waals surface area contributed by atoms with Crippen molar-refractivity contribution < 1.29 is 27.8 Å². The van der Waals surface area contributed by atoms with Crippen LogP contribution in [0.25, 0.3) is 10.9 Å². The molecule has 1 fully saturated rings. The highest BCUT2D eigenvalue weighted by molar-refractivity contribution is 7.93. The molecule has 0 atom stereocenters. The highest BCUT2D eigenvalue weighted by Crippen LogP contribution is 2.37. The number of phenols is 1. The molecule has 208 valence electrons. The van der Waals surface area contributed by atoms with Gasteiger partial charge < -0.3 is 19.5 Å². The molecule has 1 aliphatic heterocycles. The lowest BCUT2D eigenvalue weighted by Gasteiger charge is -2.35. The molecule has 1 aromatic heterocycles. The summed E-state index contributed by atoms with van der Waals surface area (Å²) in [5.74, 6) is 0.555. The summed E-state index contributed by atoms with van der Waals surface area (Å²) >= 11 is 0. The number of pyridine rings is 1. The van der Waals surface area contributed by atoms with E-state index in [9.17, 15) is 18.3 Å². The summed E-state index contributed by atoms with van der Waals surface area (Å²) in [4.78, 5) is 21.5. The molecule has 40 heavy (non-hydrogen) atoms. The second kappa shape index (κ2) is 11.4. The zero-order valence-electron chi connectivity index (χ0n) is 22.2. The van der Waals surface area contributed by atoms with Crippen molar-refractivity contribution >= 4 is 32.5 Å². The van der Waals surface area contributed by atoms with E-state index in [-0.39, 0.29) is 16.6 Å². The Bertz CT molecular complexity index is 1600. The van der Waals surface area contributed by atoms with Crippen molar-refractivity contribution in [1.82, 2.24) is 14.8 Å². The molecule has 1 amide bonds. The number of anilines is 1. The lowest BCUT2D eigenvalue weighted by atomic mass is 10.1. The number of nitrogens with one attached hydrogen (secondary N) is 1. The molecule has 10 nitrogen and oxygen atoms in total. The maximum atomic E-state index is 13.1. The predicted octanol–water partition coefficient (Wildman–Crippen LogP) is 3.72. The van der Waals surface area contributed by atoms with E-state index in [0.717, 1.165) is 10.9 Å². The second-order valence-corrected chi connectivity index (χ2v) is 11.1. The van der Waals surface area contributed by atoms with Gasteiger partial charge >= 0.3 is 0 Å². The molecule has 1 saturated heterocycles. The van der Waals surface area contributed by atoms with Crippen molar-refractivity contribution in [1.29, 1.82) is 0 Å². The van der Waals surface area contributed by atoms with Crippen LogP contribution in [0.2, 0.25) is 0 Å². The quantitative estimate of drug-likeness (QED) is 0.333. The fraction of sp³-hybridized carbons (Fsp3) is 0.241. The summed E-state index contributed by atoms with van der Waals surface area (Å²) in [7, 11) is -0.894. The number of sulfonamides is 1. The molecule has 5 rings (SSSR count). The fourth-order valence-corrected chi connectivity index (χ4v) is 6.01. The van der Waals surface area contributed by atoms with Gasteiger partial charge in [-0.05, 0) is 54.1 Å². The first-order chi connectivity index (χ1) is 19.3. The number of aromatic hydroxyl groups is 1. The molecule has 11 heteroatoms. The van der Waals surface area contributed by atoms with Gasteiger partial charge in [-0.15, -0.1) is 0 Å². The molecule has 1 aliphatic rings. The number of phenolic OH excluding ortho intramolecular Hbond substituents is 1. The summed E-state index contributed by atoms with van der Waals surface area (Å²) < 4.78 is 39.2. The van der Waals surface area contributed by atoms with E-state index in [4.69, 9.17) is 9.47 Å². The lowest BCUT2D eigenvalue weighted by molar-refractivity contribution is 0.0628. The minimum Gasteiger partial charge on any atom is -0.502 e. The molecule has 0 spiro atoms. The smallest absolute Gasteiger partial charge is 0.264 e. The van der Waals surface area contributed by atoms with E-state index in [2.05, 4.69) is 14.6 Å². The van der Waals surface area contributed by atoms with Crippen molar-refractivity contribution in [3.63, 3.8) is 0 Å². The molecule has 0 radical (unpaired) electrons. The summed E-state index contributed by atoms with van der Waals surface area (Å²) in [5.41, 5.74) is 2.17. The number of ether oxygens (including phenoxy) is 2. The first-order valence-electron chi connectivity index (χ1n) is 12.7. The lowest BCUT2D eigenvalue weighted by Crippen LogP contribution is -2.48. The zero-order valence-corrected chi connectivity index (χ0v) is 23.0. The van der Waals surface area contributed by atoms with E-state index in [0.29, 0.717) is 61.0 Å². The molecule has 0 saturated carbocycles. The van der Waals surface area contributed by atoms with Crippen LogP contribution in [-0.2, 0) is 16.6 Å². The number of nitrogens with zero attached hydrogens (tertiary/aromatic N) is 3. The van der Waals surface area contributed by atoms with Crippen LogP contribution in [0.3, 0.4) is 0 Å². The Kier molecular flexibility index (Phi) is 7.76. The average molecular weight is 563 g/mol. The van der Waals surface area contributed by atoms with Crippen molar-refractivity contribution in [2.45, 2.75) is 11.4 Å². The molecule has 4 aromatic rings. The standard InChI is InChI=1S/C29H30N4O6S/c1-38-24-17-20(18-25(39-2)28(24)34)19-32-13-15-33(16-14-32)29(35)22-8-10-23(11-9-22)31-40(36,37)26-7-3-5-21-6-4-12-30-27(21)26/h3-12,17-18,31,34H,13-16,19H2,1-2H3. The number of amides is 1. The third-order valence-electron chi connectivity index (χ3n) is 6.87. The van der Waals surface area contributed by atoms with Crippen LogP contribution in [0, 0.1) is 0 Å². The minimum absolute atomic E-state index is 0.0337. The number of methoxy groups -OCH3 is 2. The number of aromatic nitrogens is 1. The molecular weight excluding hydrogens is 532 g/mol. The van der Waals surface area contributed by atoms with Crippen molar-refractivity contribution in [3.05, 3.63) is 84.1 Å². The molecule has 0 unspecified atom stereocenters. The Hall–Kier alpha value is -4.35. The van der Waals surface area contributed by atoms with Gasteiger partial charge in [0.05, 0.1) is 19.7 Å². The van der Waals surface area contributed by atoms with Gasteiger partial charge in [-0.25, -0.2) is 8.42 Å². The number of para-hydroxylation sites is 1. The van der Waals surface area contributed by atoms with Crippen LogP contribution >= 0.6 is 0 Å². The van der Waals surface area contributed by atoms with E-state index in [1.165, 1.54) is 20.3 Å². The van der Waals surface area contributed by atoms with Gasteiger partial charge in [0.15, 0.2) is 11.5 Å². The van der Waals surface area contributed by atoms with Gasteiger partial charge in [-0.3, -0.25) is 19.4 Å². The Labute approximate surface area is 232 Å². The van der Waals surface area contributed by atoms with Gasteiger partial charge in [0.2, 0.25) is 5.75 Å². The highest BCUT2D eigenvalue weighted by atomic mass is 32.2. The maximum Gasteiger partial charge on any atom is 0.264 e. The minimum atomic E-state index is -3.88. The Morgan fingerprint density at radius 1 is 0.950 bits per heavy atom. The normalized spacial score (nSPS) is 14.2. The van der Waals surface area contributed by atoms with Crippen LogP contribution in [0.4, 0.5) is 5.69 Å². The molecule has 2 N–H and O–H groups in total. The Balaban J connectivity index is 1.20. The van der Waals surface area contributed by atoms with E-state index in [1.807, 2.05) is 12.1 Å². The number of piperazine rings is 1. The van der Waals surface area contributed by atoms with Gasteiger partial charge in [-0.2, -0.15) is 0 Å². The Morgan fingerprint density at radius 2 is 1.60 bits per heavy atom. The second-order valence-electron chi connectivity index (χ2n) is 9.43. The molecule has 0 bridgehead atoms. The number of rotatable bonds is 8. The molecule has 2 heterocycles. The average Bonchev–Trinajstić information content (AvgIpc) is 2.98. The third kappa shape index (κ3) is 5.65. The topological polar surface area (TPSA) is 121 Å². The number of fused-ring (bicyclic) bond motifs is 1. The first kappa shape index (κ1) is 27.2. The van der Waals surface area contributed by atoms with E-state index in [1.54, 1.807) is 59.6 Å². The number of carbonyl (C=O) groups excluding carboxylic acids is 1. The van der Waals surface area contributed by atoms with Crippen LogP contribution in [-0.4, -0.2) is 74.6 Å². The van der Waals surface area contributed by atoms with Crippen molar-refractivity contribution in [2.75, 3.05) is 45.1 Å². The van der Waals surface area contributed by atoms with Gasteiger partial charge in [-0.1, -0.05) is 18.2 Å². The molecule has 0 aliphatic carbocycles. The largest absolute Gasteiger partial charge is 0.502 e. The summed E-state index contributed by atoms with van der Waals surface area (Å²) in [6.45, 7) is 3.07. The van der Waals surface area contributed by atoms with Crippen molar-refractivity contribution in [2.24, 2.45) is 0 Å². The van der Waals surface area contributed by atoms with Crippen LogP contribution in [0.15, 0.2) is 77.8 Å². The van der Waals surface area contributed by atoms with E-state index < -0.39 is 10.0 Å². The van der Waals surface area contributed by atoms with Gasteiger partial charge in [0, 0.05) is 55.6 Å². The van der Waals surface area contributed by atoms with Crippen LogP contribution < -0.4 is 14.2 Å². The molecule has 3 aromatic carbocycles. The third-order valence-corrected chi connectivity index (χ3v) is 8.29.